The molecular formula is C19H23NO2. The van der Waals surface area contributed by atoms with Crippen molar-refractivity contribution in [1.29, 1.82) is 0 Å². The van der Waals surface area contributed by atoms with Gasteiger partial charge in [-0.15, -0.1) is 0 Å². The molecule has 0 saturated carbocycles. The summed E-state index contributed by atoms with van der Waals surface area (Å²) in [5.41, 5.74) is 4.50. The second-order valence-electron chi connectivity index (χ2n) is 5.56. The fourth-order valence-electron chi connectivity index (χ4n) is 2.26. The lowest BCUT2D eigenvalue weighted by molar-refractivity contribution is -0.121. The molecule has 0 fully saturated rings. The number of carbonyl (C=O) groups excluding carboxylic acids is 1. The van der Waals surface area contributed by atoms with Gasteiger partial charge in [0.1, 0.15) is 0 Å². The van der Waals surface area contributed by atoms with Crippen molar-refractivity contribution in [3.05, 3.63) is 70.8 Å². The van der Waals surface area contributed by atoms with Crippen LogP contribution >= 0.6 is 0 Å². The van der Waals surface area contributed by atoms with Gasteiger partial charge in [-0.2, -0.15) is 0 Å². The van der Waals surface area contributed by atoms with Crippen LogP contribution in [-0.4, -0.2) is 17.6 Å². The number of benzene rings is 2. The highest BCUT2D eigenvalue weighted by molar-refractivity contribution is 5.76. The molecule has 0 aliphatic rings. The Kier molecular flexibility index (Phi) is 6.16. The van der Waals surface area contributed by atoms with Gasteiger partial charge < -0.3 is 10.4 Å². The molecule has 0 saturated heterocycles. The van der Waals surface area contributed by atoms with Crippen molar-refractivity contribution in [3.63, 3.8) is 0 Å². The molecule has 0 bridgehead atoms. The Morgan fingerprint density at radius 1 is 0.909 bits per heavy atom. The second kappa shape index (κ2) is 8.35. The molecule has 2 aromatic carbocycles. The molecule has 0 heterocycles. The van der Waals surface area contributed by atoms with Crippen LogP contribution in [-0.2, 0) is 24.2 Å². The number of hydrogen-bond donors (Lipinski definition) is 2. The van der Waals surface area contributed by atoms with Crippen molar-refractivity contribution in [3.8, 4) is 0 Å². The van der Waals surface area contributed by atoms with Crippen molar-refractivity contribution >= 4 is 5.91 Å². The Hall–Kier alpha value is -2.13. The highest BCUT2D eigenvalue weighted by Gasteiger charge is 2.02. The standard InChI is InChI=1S/C19H23NO2/c1-15-2-4-16(5-3-15)10-11-19(22)20-13-12-17-6-8-18(14-21)9-7-17/h2-9,21H,10-14H2,1H3,(H,20,22). The van der Waals surface area contributed by atoms with Gasteiger partial charge in [0.05, 0.1) is 6.61 Å². The first-order valence-corrected chi connectivity index (χ1v) is 7.68. The minimum atomic E-state index is 0.0655. The average Bonchev–Trinajstić information content (AvgIpc) is 2.55. The van der Waals surface area contributed by atoms with E-state index < -0.39 is 0 Å². The zero-order chi connectivity index (χ0) is 15.8. The monoisotopic (exact) mass is 297 g/mol. The summed E-state index contributed by atoms with van der Waals surface area (Å²) in [6.45, 7) is 2.77. The number of aliphatic hydroxyl groups excluding tert-OH is 1. The van der Waals surface area contributed by atoms with Crippen LogP contribution in [0.15, 0.2) is 48.5 Å². The highest BCUT2D eigenvalue weighted by Crippen LogP contribution is 2.06. The number of nitrogens with one attached hydrogen (secondary N) is 1. The van der Waals surface area contributed by atoms with E-state index >= 15 is 0 Å². The Balaban J connectivity index is 1.67. The number of amides is 1. The van der Waals surface area contributed by atoms with Gasteiger partial charge in [0.25, 0.3) is 0 Å². The third-order valence-corrected chi connectivity index (χ3v) is 3.70. The van der Waals surface area contributed by atoms with Crippen LogP contribution < -0.4 is 5.32 Å². The lowest BCUT2D eigenvalue weighted by Gasteiger charge is -2.06. The van der Waals surface area contributed by atoms with Crippen molar-refractivity contribution in [2.45, 2.75) is 32.8 Å². The first kappa shape index (κ1) is 16.2. The Bertz CT molecular complexity index is 588. The molecule has 1 amide bonds. The molecule has 2 N–H and O–H groups in total. The number of rotatable bonds is 7. The molecule has 22 heavy (non-hydrogen) atoms. The molecule has 2 rings (SSSR count). The topological polar surface area (TPSA) is 49.3 Å². The lowest BCUT2D eigenvalue weighted by Crippen LogP contribution is -2.25. The van der Waals surface area contributed by atoms with E-state index in [0.717, 1.165) is 24.0 Å². The first-order valence-electron chi connectivity index (χ1n) is 7.68. The Morgan fingerprint density at radius 3 is 2.09 bits per heavy atom. The van der Waals surface area contributed by atoms with Gasteiger partial charge in [-0.25, -0.2) is 0 Å². The summed E-state index contributed by atoms with van der Waals surface area (Å²) in [5.74, 6) is 0.0903. The maximum Gasteiger partial charge on any atom is 0.220 e. The molecule has 0 aliphatic heterocycles. The van der Waals surface area contributed by atoms with Crippen molar-refractivity contribution in [1.82, 2.24) is 5.32 Å². The van der Waals surface area contributed by atoms with E-state index in [1.807, 2.05) is 24.3 Å². The number of aliphatic hydroxyl groups is 1. The first-order chi connectivity index (χ1) is 10.7. The van der Waals surface area contributed by atoms with Gasteiger partial charge >= 0.3 is 0 Å². The molecule has 3 nitrogen and oxygen atoms in total. The van der Waals surface area contributed by atoms with Crippen LogP contribution in [0.3, 0.4) is 0 Å². The predicted molar refractivity (Wildman–Crippen MR) is 88.6 cm³/mol. The van der Waals surface area contributed by atoms with Crippen molar-refractivity contribution in [2.75, 3.05) is 6.54 Å². The summed E-state index contributed by atoms with van der Waals surface area (Å²) in [5, 5.41) is 11.9. The fourth-order valence-corrected chi connectivity index (χ4v) is 2.26. The second-order valence-corrected chi connectivity index (χ2v) is 5.56. The van der Waals surface area contributed by atoms with E-state index in [-0.39, 0.29) is 12.5 Å². The largest absolute Gasteiger partial charge is 0.392 e. The van der Waals surface area contributed by atoms with E-state index in [1.54, 1.807) is 0 Å². The number of aryl methyl sites for hydroxylation is 2. The predicted octanol–water partition coefficient (Wildman–Crippen LogP) is 2.78. The molecular weight excluding hydrogens is 274 g/mol. The lowest BCUT2D eigenvalue weighted by atomic mass is 10.1. The summed E-state index contributed by atoms with van der Waals surface area (Å²) < 4.78 is 0. The van der Waals surface area contributed by atoms with Gasteiger partial charge in [-0.3, -0.25) is 4.79 Å². The van der Waals surface area contributed by atoms with E-state index in [1.165, 1.54) is 11.1 Å². The molecule has 116 valence electrons. The summed E-state index contributed by atoms with van der Waals surface area (Å²) >= 11 is 0. The molecule has 0 aromatic heterocycles. The number of hydrogen-bond acceptors (Lipinski definition) is 2. The average molecular weight is 297 g/mol. The van der Waals surface area contributed by atoms with Crippen LogP contribution in [0, 0.1) is 6.92 Å². The molecule has 0 aliphatic carbocycles. The Morgan fingerprint density at radius 2 is 1.45 bits per heavy atom. The Labute approximate surface area is 132 Å². The SMILES string of the molecule is Cc1ccc(CCC(=O)NCCc2ccc(CO)cc2)cc1. The van der Waals surface area contributed by atoms with E-state index in [9.17, 15) is 4.79 Å². The minimum Gasteiger partial charge on any atom is -0.392 e. The van der Waals surface area contributed by atoms with Gasteiger partial charge in [-0.05, 0) is 36.5 Å². The molecule has 0 atom stereocenters. The zero-order valence-corrected chi connectivity index (χ0v) is 13.0. The van der Waals surface area contributed by atoms with E-state index in [4.69, 9.17) is 5.11 Å². The van der Waals surface area contributed by atoms with Gasteiger partial charge in [0.15, 0.2) is 0 Å². The highest BCUT2D eigenvalue weighted by atomic mass is 16.3. The van der Waals surface area contributed by atoms with Crippen LogP contribution in [0.25, 0.3) is 0 Å². The normalized spacial score (nSPS) is 10.5. The van der Waals surface area contributed by atoms with E-state index in [2.05, 4.69) is 36.5 Å². The van der Waals surface area contributed by atoms with Gasteiger partial charge in [0.2, 0.25) is 5.91 Å². The van der Waals surface area contributed by atoms with Gasteiger partial charge in [0, 0.05) is 13.0 Å². The summed E-state index contributed by atoms with van der Waals surface area (Å²) in [6.07, 6.45) is 2.10. The van der Waals surface area contributed by atoms with Crippen LogP contribution in [0.2, 0.25) is 0 Å². The maximum absolute atomic E-state index is 11.8. The maximum atomic E-state index is 11.8. The fraction of sp³-hybridized carbons (Fsp3) is 0.316. The smallest absolute Gasteiger partial charge is 0.220 e. The van der Waals surface area contributed by atoms with Crippen molar-refractivity contribution in [2.24, 2.45) is 0 Å². The number of carbonyl (C=O) groups is 1. The summed E-state index contributed by atoms with van der Waals surface area (Å²) in [4.78, 5) is 11.8. The molecule has 0 spiro atoms. The molecule has 2 aromatic rings. The van der Waals surface area contributed by atoms with Crippen LogP contribution in [0.4, 0.5) is 0 Å². The van der Waals surface area contributed by atoms with Gasteiger partial charge in [-0.1, -0.05) is 54.1 Å². The van der Waals surface area contributed by atoms with E-state index in [0.29, 0.717) is 13.0 Å². The zero-order valence-electron chi connectivity index (χ0n) is 13.0. The quantitative estimate of drug-likeness (QED) is 0.825. The summed E-state index contributed by atoms with van der Waals surface area (Å²) in [7, 11) is 0. The minimum absolute atomic E-state index is 0.0655. The molecule has 0 unspecified atom stereocenters. The molecule has 3 heteroatoms. The third kappa shape index (κ3) is 5.34. The molecule has 0 radical (unpaired) electrons. The van der Waals surface area contributed by atoms with Crippen LogP contribution in [0.5, 0.6) is 0 Å². The van der Waals surface area contributed by atoms with Crippen molar-refractivity contribution < 1.29 is 9.90 Å². The third-order valence-electron chi connectivity index (χ3n) is 3.70. The summed E-state index contributed by atoms with van der Waals surface area (Å²) in [6, 6.07) is 16.1. The van der Waals surface area contributed by atoms with Crippen LogP contribution in [0.1, 0.15) is 28.7 Å².